The molecule has 0 bridgehead atoms. The Bertz CT molecular complexity index is 173. The molecule has 0 aliphatic carbocycles. The number of allylic oxidation sites excluding steroid dienone is 2. The summed E-state index contributed by atoms with van der Waals surface area (Å²) in [5.41, 5.74) is 0. The lowest BCUT2D eigenvalue weighted by atomic mass is 10.2. The summed E-state index contributed by atoms with van der Waals surface area (Å²) in [6.07, 6.45) is 9.61. The van der Waals surface area contributed by atoms with E-state index in [4.69, 9.17) is 0 Å². The normalized spacial score (nSPS) is 21.4. The highest BCUT2D eigenvalue weighted by Gasteiger charge is 2.03. The molecule has 2 heteroatoms. The first kappa shape index (κ1) is 9.72. The van der Waals surface area contributed by atoms with Crippen LogP contribution in [0.15, 0.2) is 24.4 Å². The molecule has 0 amide bonds. The van der Waals surface area contributed by atoms with Crippen molar-refractivity contribution in [3.8, 4) is 0 Å². The average Bonchev–Trinajstić information content (AvgIpc) is 2.05. The maximum absolute atomic E-state index is 3.31. The first-order valence-corrected chi connectivity index (χ1v) is 5.55. The highest BCUT2D eigenvalue weighted by atomic mass is 32.2. The fourth-order valence-corrected chi connectivity index (χ4v) is 1.96. The van der Waals surface area contributed by atoms with Gasteiger partial charge < -0.3 is 5.32 Å². The van der Waals surface area contributed by atoms with Crippen molar-refractivity contribution >= 4 is 11.8 Å². The van der Waals surface area contributed by atoms with Crippen molar-refractivity contribution in [1.82, 2.24) is 5.32 Å². The second kappa shape index (κ2) is 5.31. The van der Waals surface area contributed by atoms with Gasteiger partial charge in [-0.25, -0.2) is 0 Å². The van der Waals surface area contributed by atoms with E-state index in [2.05, 4.69) is 31.3 Å². The molecule has 0 aromatic heterocycles. The summed E-state index contributed by atoms with van der Waals surface area (Å²) in [6, 6.07) is 0.557. The number of thioether (sulfide) groups is 1. The largest absolute Gasteiger partial charge is 0.385 e. The fourth-order valence-electron chi connectivity index (χ4n) is 1.10. The van der Waals surface area contributed by atoms with Crippen molar-refractivity contribution in [1.29, 1.82) is 0 Å². The standard InChI is InChI=1S/C10H17NS/c1-9(2)12-8-6-10-5-3-4-7-11-10/h3-5,7,9-11H,6,8H2,1-2H3. The topological polar surface area (TPSA) is 12.0 Å². The summed E-state index contributed by atoms with van der Waals surface area (Å²) >= 11 is 2.03. The molecule has 1 aliphatic rings. The molecule has 0 radical (unpaired) electrons. The minimum atomic E-state index is 0.557. The van der Waals surface area contributed by atoms with Crippen molar-refractivity contribution in [2.24, 2.45) is 0 Å². The van der Waals surface area contributed by atoms with Gasteiger partial charge in [-0.05, 0) is 29.7 Å². The molecule has 1 heterocycles. The minimum Gasteiger partial charge on any atom is -0.385 e. The lowest BCUT2D eigenvalue weighted by Crippen LogP contribution is -2.24. The van der Waals surface area contributed by atoms with Gasteiger partial charge in [0.1, 0.15) is 0 Å². The molecule has 1 nitrogen and oxygen atoms in total. The van der Waals surface area contributed by atoms with Gasteiger partial charge in [0.05, 0.1) is 0 Å². The first-order chi connectivity index (χ1) is 5.79. The molecule has 0 aromatic rings. The predicted octanol–water partition coefficient (Wildman–Crippen LogP) is 2.56. The molecular formula is C10H17NS. The van der Waals surface area contributed by atoms with Crippen LogP contribution in [0.3, 0.4) is 0 Å². The molecule has 68 valence electrons. The third kappa shape index (κ3) is 3.86. The second-order valence-corrected chi connectivity index (χ2v) is 4.91. The van der Waals surface area contributed by atoms with Crippen LogP contribution in [0.5, 0.6) is 0 Å². The van der Waals surface area contributed by atoms with Crippen LogP contribution in [-0.4, -0.2) is 17.0 Å². The van der Waals surface area contributed by atoms with E-state index < -0.39 is 0 Å². The van der Waals surface area contributed by atoms with Crippen molar-refractivity contribution in [2.45, 2.75) is 31.6 Å². The monoisotopic (exact) mass is 183 g/mol. The van der Waals surface area contributed by atoms with Gasteiger partial charge in [0, 0.05) is 6.04 Å². The molecule has 1 N–H and O–H groups in total. The maximum atomic E-state index is 3.31. The van der Waals surface area contributed by atoms with Gasteiger partial charge in [0.25, 0.3) is 0 Å². The third-order valence-electron chi connectivity index (χ3n) is 1.74. The SMILES string of the molecule is CC(C)SCCC1C=CC=CN1. The van der Waals surface area contributed by atoms with Crippen LogP contribution >= 0.6 is 11.8 Å². The molecule has 1 atom stereocenters. The average molecular weight is 183 g/mol. The Morgan fingerprint density at radius 2 is 2.25 bits per heavy atom. The van der Waals surface area contributed by atoms with Crippen molar-refractivity contribution in [3.63, 3.8) is 0 Å². The molecule has 1 aliphatic heterocycles. The number of hydrogen-bond acceptors (Lipinski definition) is 2. The Morgan fingerprint density at radius 3 is 2.83 bits per heavy atom. The van der Waals surface area contributed by atoms with Crippen molar-refractivity contribution < 1.29 is 0 Å². The van der Waals surface area contributed by atoms with Gasteiger partial charge in [-0.2, -0.15) is 11.8 Å². The first-order valence-electron chi connectivity index (χ1n) is 4.50. The Kier molecular flexibility index (Phi) is 4.30. The summed E-state index contributed by atoms with van der Waals surface area (Å²) in [5.74, 6) is 1.24. The van der Waals surface area contributed by atoms with Crippen LogP contribution in [0.2, 0.25) is 0 Å². The van der Waals surface area contributed by atoms with Crippen LogP contribution in [0.1, 0.15) is 20.3 Å². The zero-order valence-electron chi connectivity index (χ0n) is 7.79. The van der Waals surface area contributed by atoms with E-state index in [-0.39, 0.29) is 0 Å². The molecule has 0 spiro atoms. The van der Waals surface area contributed by atoms with E-state index in [1.165, 1.54) is 12.2 Å². The van der Waals surface area contributed by atoms with E-state index in [1.807, 2.05) is 24.0 Å². The fraction of sp³-hybridized carbons (Fsp3) is 0.600. The summed E-state index contributed by atoms with van der Waals surface area (Å²) in [5, 5.41) is 4.07. The molecule has 0 fully saturated rings. The minimum absolute atomic E-state index is 0.557. The molecule has 12 heavy (non-hydrogen) atoms. The van der Waals surface area contributed by atoms with Crippen LogP contribution in [0.25, 0.3) is 0 Å². The predicted molar refractivity (Wildman–Crippen MR) is 57.4 cm³/mol. The number of hydrogen-bond donors (Lipinski definition) is 1. The van der Waals surface area contributed by atoms with E-state index in [1.54, 1.807) is 0 Å². The van der Waals surface area contributed by atoms with Crippen LogP contribution in [0.4, 0.5) is 0 Å². The van der Waals surface area contributed by atoms with Gasteiger partial charge in [-0.15, -0.1) is 0 Å². The zero-order valence-corrected chi connectivity index (χ0v) is 8.60. The molecule has 1 unspecified atom stereocenters. The highest BCUT2D eigenvalue weighted by molar-refractivity contribution is 7.99. The second-order valence-electron chi connectivity index (χ2n) is 3.23. The third-order valence-corrected chi connectivity index (χ3v) is 2.88. The van der Waals surface area contributed by atoms with Crippen molar-refractivity contribution in [2.75, 3.05) is 5.75 Å². The lowest BCUT2D eigenvalue weighted by Gasteiger charge is -2.15. The molecule has 0 aromatic carbocycles. The quantitative estimate of drug-likeness (QED) is 0.719. The number of rotatable bonds is 4. The van der Waals surface area contributed by atoms with Crippen molar-refractivity contribution in [3.05, 3.63) is 24.4 Å². The van der Waals surface area contributed by atoms with E-state index in [0.717, 1.165) is 5.25 Å². The summed E-state index contributed by atoms with van der Waals surface area (Å²) in [4.78, 5) is 0. The summed E-state index contributed by atoms with van der Waals surface area (Å²) < 4.78 is 0. The Labute approximate surface area is 79.3 Å². The van der Waals surface area contributed by atoms with E-state index in [9.17, 15) is 0 Å². The van der Waals surface area contributed by atoms with Gasteiger partial charge >= 0.3 is 0 Å². The number of dihydropyridines is 1. The van der Waals surface area contributed by atoms with E-state index >= 15 is 0 Å². The smallest absolute Gasteiger partial charge is 0.0449 e. The van der Waals surface area contributed by atoms with Gasteiger partial charge in [-0.1, -0.05) is 26.0 Å². The lowest BCUT2D eigenvalue weighted by molar-refractivity contribution is 0.675. The van der Waals surface area contributed by atoms with Crippen LogP contribution in [-0.2, 0) is 0 Å². The van der Waals surface area contributed by atoms with Gasteiger partial charge in [0.2, 0.25) is 0 Å². The molecule has 1 rings (SSSR count). The Morgan fingerprint density at radius 1 is 1.42 bits per heavy atom. The molecular weight excluding hydrogens is 166 g/mol. The van der Waals surface area contributed by atoms with Gasteiger partial charge in [-0.3, -0.25) is 0 Å². The molecule has 0 saturated carbocycles. The Hall–Kier alpha value is -0.370. The van der Waals surface area contributed by atoms with E-state index in [0.29, 0.717) is 6.04 Å². The summed E-state index contributed by atoms with van der Waals surface area (Å²) in [6.45, 7) is 4.49. The number of nitrogens with one attached hydrogen (secondary N) is 1. The summed E-state index contributed by atoms with van der Waals surface area (Å²) in [7, 11) is 0. The highest BCUT2D eigenvalue weighted by Crippen LogP contribution is 2.12. The van der Waals surface area contributed by atoms with Crippen LogP contribution in [0, 0.1) is 0 Å². The Balaban J connectivity index is 2.07. The zero-order chi connectivity index (χ0) is 8.81. The maximum Gasteiger partial charge on any atom is 0.0449 e. The van der Waals surface area contributed by atoms with Crippen LogP contribution < -0.4 is 5.32 Å². The van der Waals surface area contributed by atoms with Gasteiger partial charge in [0.15, 0.2) is 0 Å². The molecule has 0 saturated heterocycles.